The topological polar surface area (TPSA) is 111 Å². The lowest BCUT2D eigenvalue weighted by atomic mass is 9.92. The summed E-state index contributed by atoms with van der Waals surface area (Å²) >= 11 is 0. The standard InChI is InChI=1S/C32H35FN6O3S/c1-23-20-26(11-14-28(23)33)35-30-15-17-34-31(37-30)36-25-9-12-27(13-10-25)43(41,42)39-19-5-16-32(40,22-39)21-38-18-4-7-24-6-2-3-8-29(24)38/h2-3,6,8-15,17,20,40H,4-5,7,16,18-19,21-22H2,1H3,(H2,34,35,36,37). The number of piperidine rings is 1. The van der Waals surface area contributed by atoms with Crippen LogP contribution in [0.5, 0.6) is 0 Å². The van der Waals surface area contributed by atoms with Crippen molar-refractivity contribution in [1.82, 2.24) is 14.3 Å². The molecule has 6 rings (SSSR count). The van der Waals surface area contributed by atoms with Crippen molar-refractivity contribution in [3.63, 3.8) is 0 Å². The van der Waals surface area contributed by atoms with Gasteiger partial charge in [-0.15, -0.1) is 0 Å². The Balaban J connectivity index is 1.12. The number of rotatable bonds is 8. The number of sulfonamides is 1. The first-order valence-electron chi connectivity index (χ1n) is 14.5. The minimum atomic E-state index is -3.81. The van der Waals surface area contributed by atoms with Crippen LogP contribution in [0.25, 0.3) is 0 Å². The summed E-state index contributed by atoms with van der Waals surface area (Å²) in [7, 11) is -3.81. The number of nitrogens with one attached hydrogen (secondary N) is 2. The fourth-order valence-electron chi connectivity index (χ4n) is 5.88. The third kappa shape index (κ3) is 6.48. The van der Waals surface area contributed by atoms with E-state index in [1.807, 2.05) is 12.1 Å². The van der Waals surface area contributed by atoms with Gasteiger partial charge in [0, 0.05) is 49.4 Å². The molecule has 11 heteroatoms. The zero-order chi connectivity index (χ0) is 30.0. The second kappa shape index (κ2) is 11.9. The fraction of sp³-hybridized carbons (Fsp3) is 0.312. The molecule has 1 saturated heterocycles. The minimum absolute atomic E-state index is 0.0508. The molecular weight excluding hydrogens is 567 g/mol. The van der Waals surface area contributed by atoms with E-state index in [0.717, 1.165) is 25.1 Å². The summed E-state index contributed by atoms with van der Waals surface area (Å²) in [6.45, 7) is 3.35. The summed E-state index contributed by atoms with van der Waals surface area (Å²) in [5.74, 6) is 0.564. The van der Waals surface area contributed by atoms with Gasteiger partial charge in [0.25, 0.3) is 0 Å². The number of aliphatic hydroxyl groups is 1. The molecule has 224 valence electrons. The van der Waals surface area contributed by atoms with Gasteiger partial charge in [0.15, 0.2) is 0 Å². The second-order valence-electron chi connectivity index (χ2n) is 11.3. The van der Waals surface area contributed by atoms with Gasteiger partial charge in [0.1, 0.15) is 11.6 Å². The van der Waals surface area contributed by atoms with Crippen molar-refractivity contribution in [2.75, 3.05) is 41.7 Å². The molecule has 3 heterocycles. The Morgan fingerprint density at radius 3 is 2.58 bits per heavy atom. The van der Waals surface area contributed by atoms with Crippen LogP contribution in [0.15, 0.2) is 83.9 Å². The zero-order valence-electron chi connectivity index (χ0n) is 24.0. The van der Waals surface area contributed by atoms with Crippen LogP contribution in [0.3, 0.4) is 0 Å². The van der Waals surface area contributed by atoms with Crippen molar-refractivity contribution in [1.29, 1.82) is 0 Å². The van der Waals surface area contributed by atoms with Crippen LogP contribution in [0.2, 0.25) is 0 Å². The van der Waals surface area contributed by atoms with Crippen LogP contribution < -0.4 is 15.5 Å². The Morgan fingerprint density at radius 1 is 0.977 bits per heavy atom. The molecule has 43 heavy (non-hydrogen) atoms. The molecule has 0 amide bonds. The van der Waals surface area contributed by atoms with E-state index in [2.05, 4.69) is 37.6 Å². The Kier molecular flexibility index (Phi) is 8.04. The number of nitrogens with zero attached hydrogens (tertiary/aromatic N) is 4. The number of anilines is 5. The summed E-state index contributed by atoms with van der Waals surface area (Å²) in [4.78, 5) is 11.1. The molecule has 1 atom stereocenters. The molecular formula is C32H35FN6O3S. The lowest BCUT2D eigenvalue weighted by molar-refractivity contribution is -0.00127. The van der Waals surface area contributed by atoms with Crippen molar-refractivity contribution in [3.05, 3.63) is 95.9 Å². The quantitative estimate of drug-likeness (QED) is 0.247. The van der Waals surface area contributed by atoms with Crippen LogP contribution in [0.1, 0.15) is 30.4 Å². The molecule has 0 spiro atoms. The number of β-amino-alcohol motifs (C(OH)–C–C–N with tert-alkyl or cyclic N) is 1. The molecule has 0 radical (unpaired) electrons. The van der Waals surface area contributed by atoms with E-state index >= 15 is 0 Å². The predicted molar refractivity (Wildman–Crippen MR) is 166 cm³/mol. The number of aryl methyl sites for hydroxylation is 2. The largest absolute Gasteiger partial charge is 0.387 e. The maximum absolute atomic E-state index is 13.6. The zero-order valence-corrected chi connectivity index (χ0v) is 24.8. The van der Waals surface area contributed by atoms with Crippen molar-refractivity contribution in [2.45, 2.75) is 43.1 Å². The molecule has 0 saturated carbocycles. The van der Waals surface area contributed by atoms with E-state index in [0.29, 0.717) is 54.6 Å². The molecule has 0 bridgehead atoms. The monoisotopic (exact) mass is 602 g/mol. The smallest absolute Gasteiger partial charge is 0.243 e. The van der Waals surface area contributed by atoms with Gasteiger partial charge in [-0.2, -0.15) is 9.29 Å². The number of aromatic nitrogens is 2. The van der Waals surface area contributed by atoms with Crippen LogP contribution in [0, 0.1) is 12.7 Å². The Labute approximate surface area is 251 Å². The Bertz CT molecular complexity index is 1720. The van der Waals surface area contributed by atoms with Crippen molar-refractivity contribution < 1.29 is 17.9 Å². The van der Waals surface area contributed by atoms with Gasteiger partial charge in [-0.05, 0) is 98.3 Å². The van der Waals surface area contributed by atoms with E-state index < -0.39 is 15.6 Å². The maximum Gasteiger partial charge on any atom is 0.243 e. The van der Waals surface area contributed by atoms with Crippen molar-refractivity contribution in [2.24, 2.45) is 0 Å². The number of hydrogen-bond donors (Lipinski definition) is 3. The number of para-hydroxylation sites is 1. The van der Waals surface area contributed by atoms with Gasteiger partial charge in [0.2, 0.25) is 16.0 Å². The van der Waals surface area contributed by atoms with Crippen LogP contribution in [-0.2, 0) is 16.4 Å². The second-order valence-corrected chi connectivity index (χ2v) is 13.3. The van der Waals surface area contributed by atoms with Gasteiger partial charge in [0.05, 0.1) is 10.5 Å². The van der Waals surface area contributed by atoms with E-state index in [1.54, 1.807) is 55.6 Å². The SMILES string of the molecule is Cc1cc(Nc2ccnc(Nc3ccc(S(=O)(=O)N4CCCC(O)(CN5CCCc6ccccc65)C4)cc3)n2)ccc1F. The van der Waals surface area contributed by atoms with Gasteiger partial charge >= 0.3 is 0 Å². The van der Waals surface area contributed by atoms with E-state index in [1.165, 1.54) is 15.9 Å². The molecule has 4 aromatic rings. The predicted octanol–water partition coefficient (Wildman–Crippen LogP) is 5.38. The van der Waals surface area contributed by atoms with Crippen LogP contribution in [0.4, 0.5) is 33.2 Å². The normalized spacial score (nSPS) is 19.1. The van der Waals surface area contributed by atoms with Gasteiger partial charge in [-0.3, -0.25) is 0 Å². The summed E-state index contributed by atoms with van der Waals surface area (Å²) < 4.78 is 42.3. The molecule has 1 aromatic heterocycles. The van der Waals surface area contributed by atoms with Crippen LogP contribution >= 0.6 is 0 Å². The summed E-state index contributed by atoms with van der Waals surface area (Å²) in [6.07, 6.45) is 4.75. The molecule has 1 unspecified atom stereocenters. The van der Waals surface area contributed by atoms with Gasteiger partial charge in [-0.25, -0.2) is 17.8 Å². The summed E-state index contributed by atoms with van der Waals surface area (Å²) in [5, 5.41) is 17.8. The highest BCUT2D eigenvalue weighted by Gasteiger charge is 2.40. The average Bonchev–Trinajstić information content (AvgIpc) is 3.00. The molecule has 3 aromatic carbocycles. The molecule has 1 fully saturated rings. The van der Waals surface area contributed by atoms with Gasteiger partial charge < -0.3 is 20.6 Å². The summed E-state index contributed by atoms with van der Waals surface area (Å²) in [5.41, 5.74) is 3.09. The molecule has 2 aliphatic rings. The molecule has 0 aliphatic carbocycles. The van der Waals surface area contributed by atoms with E-state index in [4.69, 9.17) is 0 Å². The van der Waals surface area contributed by atoms with Gasteiger partial charge in [-0.1, -0.05) is 18.2 Å². The van der Waals surface area contributed by atoms with Crippen molar-refractivity contribution >= 4 is 38.9 Å². The number of fused-ring (bicyclic) bond motifs is 1. The Hall–Kier alpha value is -4.06. The van der Waals surface area contributed by atoms with Crippen molar-refractivity contribution in [3.8, 4) is 0 Å². The molecule has 2 aliphatic heterocycles. The third-order valence-corrected chi connectivity index (χ3v) is 9.91. The van der Waals surface area contributed by atoms with Crippen LogP contribution in [-0.4, -0.2) is 59.6 Å². The average molecular weight is 603 g/mol. The highest BCUT2D eigenvalue weighted by Crippen LogP contribution is 2.32. The first kappa shape index (κ1) is 29.0. The first-order chi connectivity index (χ1) is 20.7. The number of halogens is 1. The first-order valence-corrected chi connectivity index (χ1v) is 15.9. The lowest BCUT2D eigenvalue weighted by Gasteiger charge is -2.43. The van der Waals surface area contributed by atoms with E-state index in [9.17, 15) is 17.9 Å². The molecule has 9 nitrogen and oxygen atoms in total. The number of benzene rings is 3. The highest BCUT2D eigenvalue weighted by molar-refractivity contribution is 7.89. The highest BCUT2D eigenvalue weighted by atomic mass is 32.2. The van der Waals surface area contributed by atoms with E-state index in [-0.39, 0.29) is 17.3 Å². The maximum atomic E-state index is 13.6. The molecule has 3 N–H and O–H groups in total. The lowest BCUT2D eigenvalue weighted by Crippen LogP contribution is -2.56. The minimum Gasteiger partial charge on any atom is -0.387 e. The fourth-order valence-corrected chi connectivity index (χ4v) is 7.44. The number of hydrogen-bond acceptors (Lipinski definition) is 8. The summed E-state index contributed by atoms with van der Waals surface area (Å²) in [6, 6.07) is 21.1. The Morgan fingerprint density at radius 2 is 1.77 bits per heavy atom. The third-order valence-electron chi connectivity index (χ3n) is 8.05.